The first-order valence-corrected chi connectivity index (χ1v) is 11.4. The number of rotatable bonds is 5. The summed E-state index contributed by atoms with van der Waals surface area (Å²) in [6.45, 7) is 0.247. The van der Waals surface area contributed by atoms with Crippen LogP contribution >= 0.6 is 34.8 Å². The summed E-state index contributed by atoms with van der Waals surface area (Å²) >= 11 is 18.3. The van der Waals surface area contributed by atoms with Crippen molar-refractivity contribution in [2.45, 2.75) is 19.0 Å². The lowest BCUT2D eigenvalue weighted by atomic mass is 10.1. The Bertz CT molecular complexity index is 970. The molecule has 0 aromatic heterocycles. The van der Waals surface area contributed by atoms with E-state index in [-0.39, 0.29) is 45.3 Å². The minimum Gasteiger partial charge on any atom is -0.494 e. The van der Waals surface area contributed by atoms with Gasteiger partial charge in [0, 0.05) is 23.2 Å². The molecule has 0 aliphatic carbocycles. The zero-order valence-electron chi connectivity index (χ0n) is 15.0. The van der Waals surface area contributed by atoms with Gasteiger partial charge in [0.15, 0.2) is 15.6 Å². The molecule has 1 aliphatic rings. The molecule has 0 saturated carbocycles. The van der Waals surface area contributed by atoms with Crippen molar-refractivity contribution in [3.05, 3.63) is 62.6 Å². The molecule has 1 amide bonds. The van der Waals surface area contributed by atoms with Crippen LogP contribution in [0.4, 0.5) is 0 Å². The first-order valence-electron chi connectivity index (χ1n) is 8.49. The second-order valence-electron chi connectivity index (χ2n) is 6.59. The van der Waals surface area contributed by atoms with Gasteiger partial charge >= 0.3 is 0 Å². The fraction of sp³-hybridized carbons (Fsp3) is 0.316. The molecule has 1 heterocycles. The van der Waals surface area contributed by atoms with Crippen LogP contribution in [0.15, 0.2) is 36.4 Å². The lowest BCUT2D eigenvalue weighted by molar-refractivity contribution is 0.0681. The van der Waals surface area contributed by atoms with Crippen LogP contribution in [0.2, 0.25) is 15.1 Å². The number of hydrogen-bond acceptors (Lipinski definition) is 4. The van der Waals surface area contributed by atoms with Gasteiger partial charge in [-0.05, 0) is 36.2 Å². The van der Waals surface area contributed by atoms with Crippen molar-refractivity contribution in [3.63, 3.8) is 0 Å². The van der Waals surface area contributed by atoms with Crippen LogP contribution < -0.4 is 4.74 Å². The van der Waals surface area contributed by atoms with Gasteiger partial charge in [-0.15, -0.1) is 0 Å². The maximum atomic E-state index is 13.3. The van der Waals surface area contributed by atoms with Crippen molar-refractivity contribution < 1.29 is 17.9 Å². The molecule has 1 saturated heterocycles. The van der Waals surface area contributed by atoms with Crippen LogP contribution in [0.25, 0.3) is 0 Å². The summed E-state index contributed by atoms with van der Waals surface area (Å²) < 4.78 is 29.1. The summed E-state index contributed by atoms with van der Waals surface area (Å²) in [4.78, 5) is 14.8. The fourth-order valence-electron chi connectivity index (χ4n) is 3.22. The third-order valence-electron chi connectivity index (χ3n) is 4.63. The van der Waals surface area contributed by atoms with E-state index in [9.17, 15) is 13.2 Å². The molecule has 28 heavy (non-hydrogen) atoms. The van der Waals surface area contributed by atoms with Crippen LogP contribution in [0.5, 0.6) is 5.75 Å². The van der Waals surface area contributed by atoms with E-state index in [0.29, 0.717) is 11.4 Å². The first kappa shape index (κ1) is 21.2. The number of sulfone groups is 1. The molecular formula is C19H18Cl3NO4S. The van der Waals surface area contributed by atoms with Crippen LogP contribution in [-0.2, 0) is 16.4 Å². The molecular weight excluding hydrogens is 445 g/mol. The van der Waals surface area contributed by atoms with E-state index >= 15 is 0 Å². The van der Waals surface area contributed by atoms with Gasteiger partial charge in [-0.25, -0.2) is 8.42 Å². The molecule has 1 atom stereocenters. The molecule has 5 nitrogen and oxygen atoms in total. The smallest absolute Gasteiger partial charge is 0.254 e. The Balaban J connectivity index is 1.96. The molecule has 1 unspecified atom stereocenters. The number of benzene rings is 2. The molecule has 3 rings (SSSR count). The van der Waals surface area contributed by atoms with Crippen molar-refractivity contribution in [2.75, 3.05) is 18.6 Å². The lowest BCUT2D eigenvalue weighted by Crippen LogP contribution is -2.40. The maximum Gasteiger partial charge on any atom is 0.254 e. The van der Waals surface area contributed by atoms with Gasteiger partial charge < -0.3 is 9.64 Å². The number of amides is 1. The zero-order valence-corrected chi connectivity index (χ0v) is 18.1. The van der Waals surface area contributed by atoms with Crippen molar-refractivity contribution in [2.24, 2.45) is 0 Å². The SMILES string of the molecule is COc1c(Cl)cc(C(=O)N(Cc2ccc(Cl)cc2)C2CCS(=O)(=O)C2)cc1Cl. The van der Waals surface area contributed by atoms with Gasteiger partial charge in [0.05, 0.1) is 28.7 Å². The molecule has 150 valence electrons. The molecule has 1 aliphatic heterocycles. The minimum absolute atomic E-state index is 0.0617. The van der Waals surface area contributed by atoms with Crippen LogP contribution in [0, 0.1) is 0 Å². The van der Waals surface area contributed by atoms with Gasteiger partial charge in [0.2, 0.25) is 0 Å². The van der Waals surface area contributed by atoms with Crippen molar-refractivity contribution in [3.8, 4) is 5.75 Å². The Labute approximate surface area is 179 Å². The first-order chi connectivity index (χ1) is 13.2. The summed E-state index contributed by atoms with van der Waals surface area (Å²) in [5, 5.41) is 1.01. The molecule has 0 radical (unpaired) electrons. The van der Waals surface area contributed by atoms with Crippen LogP contribution in [0.1, 0.15) is 22.3 Å². The Morgan fingerprint density at radius 3 is 2.25 bits per heavy atom. The highest BCUT2D eigenvalue weighted by atomic mass is 35.5. The maximum absolute atomic E-state index is 13.3. The molecule has 0 spiro atoms. The number of carbonyl (C=O) groups is 1. The fourth-order valence-corrected chi connectivity index (χ4v) is 5.72. The minimum atomic E-state index is -3.17. The number of methoxy groups -OCH3 is 1. The van der Waals surface area contributed by atoms with Crippen molar-refractivity contribution >= 4 is 50.5 Å². The quantitative estimate of drug-likeness (QED) is 0.657. The summed E-state index contributed by atoms with van der Waals surface area (Å²) in [6.07, 6.45) is 0.388. The van der Waals surface area contributed by atoms with Crippen LogP contribution in [0.3, 0.4) is 0 Å². The number of hydrogen-bond donors (Lipinski definition) is 0. The van der Waals surface area contributed by atoms with Crippen molar-refractivity contribution in [1.82, 2.24) is 4.90 Å². The van der Waals surface area contributed by atoms with Crippen molar-refractivity contribution in [1.29, 1.82) is 0 Å². The molecule has 9 heteroatoms. The van der Waals surface area contributed by atoms with E-state index < -0.39 is 15.9 Å². The zero-order chi connectivity index (χ0) is 20.5. The summed E-state index contributed by atoms with van der Waals surface area (Å²) in [5.41, 5.74) is 1.11. The molecule has 0 bridgehead atoms. The molecule has 0 N–H and O–H groups in total. The summed E-state index contributed by atoms with van der Waals surface area (Å²) in [6, 6.07) is 9.60. The number of halogens is 3. The highest BCUT2D eigenvalue weighted by Crippen LogP contribution is 2.35. The van der Waals surface area contributed by atoms with Gasteiger partial charge in [-0.3, -0.25) is 4.79 Å². The monoisotopic (exact) mass is 461 g/mol. The number of carbonyl (C=O) groups excluding carboxylic acids is 1. The summed E-state index contributed by atoms with van der Waals surface area (Å²) in [7, 11) is -1.73. The predicted molar refractivity (Wildman–Crippen MR) is 111 cm³/mol. The van der Waals surface area contributed by atoms with E-state index in [0.717, 1.165) is 5.56 Å². The lowest BCUT2D eigenvalue weighted by Gasteiger charge is -2.29. The Morgan fingerprint density at radius 2 is 1.75 bits per heavy atom. The third-order valence-corrected chi connectivity index (χ3v) is 7.19. The van der Waals surface area contributed by atoms with E-state index in [2.05, 4.69) is 0 Å². The van der Waals surface area contributed by atoms with Gasteiger partial charge in [0.1, 0.15) is 0 Å². The third kappa shape index (κ3) is 4.74. The van der Waals surface area contributed by atoms with Gasteiger partial charge in [-0.1, -0.05) is 46.9 Å². The standard InChI is InChI=1S/C19H18Cl3NO4S/c1-27-18-16(21)8-13(9-17(18)22)19(24)23(15-6-7-28(25,26)11-15)10-12-2-4-14(20)5-3-12/h2-5,8-9,15H,6-7,10-11H2,1H3. The second-order valence-corrected chi connectivity index (χ2v) is 10.1. The van der Waals surface area contributed by atoms with E-state index in [4.69, 9.17) is 39.5 Å². The largest absolute Gasteiger partial charge is 0.494 e. The van der Waals surface area contributed by atoms with Gasteiger partial charge in [0.25, 0.3) is 5.91 Å². The Kier molecular flexibility index (Phi) is 6.44. The Hall–Kier alpha value is -1.47. The topological polar surface area (TPSA) is 63.7 Å². The molecule has 2 aromatic carbocycles. The van der Waals surface area contributed by atoms with E-state index in [1.165, 1.54) is 19.2 Å². The van der Waals surface area contributed by atoms with E-state index in [1.54, 1.807) is 29.2 Å². The highest BCUT2D eigenvalue weighted by molar-refractivity contribution is 7.91. The second kappa shape index (κ2) is 8.49. The highest BCUT2D eigenvalue weighted by Gasteiger charge is 2.35. The number of nitrogens with zero attached hydrogens (tertiary/aromatic N) is 1. The van der Waals surface area contributed by atoms with E-state index in [1.807, 2.05) is 0 Å². The Morgan fingerprint density at radius 1 is 1.14 bits per heavy atom. The average molecular weight is 463 g/mol. The van der Waals surface area contributed by atoms with Gasteiger partial charge in [-0.2, -0.15) is 0 Å². The normalized spacial score (nSPS) is 18.1. The number of ether oxygens (including phenoxy) is 1. The summed E-state index contributed by atoms with van der Waals surface area (Å²) in [5.74, 6) is -0.0630. The predicted octanol–water partition coefficient (Wildman–Crippen LogP) is 4.48. The average Bonchev–Trinajstić information content (AvgIpc) is 3.00. The molecule has 2 aromatic rings. The van der Waals surface area contributed by atoms with Crippen LogP contribution in [-0.4, -0.2) is 43.9 Å². The molecule has 1 fully saturated rings.